The van der Waals surface area contributed by atoms with E-state index in [0.29, 0.717) is 0 Å². The molecule has 1 heteroatoms. The summed E-state index contributed by atoms with van der Waals surface area (Å²) in [6, 6.07) is 0. The van der Waals surface area contributed by atoms with Crippen molar-refractivity contribution in [1.82, 2.24) is 0 Å². The molecule has 0 bridgehead atoms. The molecule has 1 radical (unpaired) electrons. The van der Waals surface area contributed by atoms with Crippen LogP contribution in [0.25, 0.3) is 0 Å². The van der Waals surface area contributed by atoms with Gasteiger partial charge in [0.25, 0.3) is 0 Å². The first-order valence-electron chi connectivity index (χ1n) is 17.5. The lowest BCUT2D eigenvalue weighted by atomic mass is 10.0. The third-order valence-corrected chi connectivity index (χ3v) is 8.25. The second-order valence-electron chi connectivity index (χ2n) is 12.0. The van der Waals surface area contributed by atoms with Gasteiger partial charge in [-0.15, -0.1) is 0 Å². The molecule has 0 amide bonds. The molecule has 0 N–H and O–H groups in total. The van der Waals surface area contributed by atoms with Crippen molar-refractivity contribution in [2.45, 2.75) is 219 Å². The topological polar surface area (TPSA) is 19.9 Å². The van der Waals surface area contributed by atoms with E-state index < -0.39 is 0 Å². The van der Waals surface area contributed by atoms with Crippen molar-refractivity contribution in [1.29, 1.82) is 0 Å². The van der Waals surface area contributed by atoms with Gasteiger partial charge < -0.3 is 0 Å². The molecule has 0 aliphatic rings. The van der Waals surface area contributed by atoms with Gasteiger partial charge in [0.1, 0.15) is 0 Å². The molecule has 0 aromatic heterocycles. The second-order valence-corrected chi connectivity index (χ2v) is 12.0. The van der Waals surface area contributed by atoms with Crippen LogP contribution in [-0.4, -0.2) is 6.61 Å². The van der Waals surface area contributed by atoms with Crippen LogP contribution in [0, 0.1) is 0 Å². The molecule has 1 nitrogen and oxygen atoms in total. The Morgan fingerprint density at radius 2 is 0.361 bits per heavy atom. The van der Waals surface area contributed by atoms with E-state index in [2.05, 4.69) is 6.92 Å². The normalized spacial score (nSPS) is 11.5. The highest BCUT2D eigenvalue weighted by Crippen LogP contribution is 2.16. The monoisotopic (exact) mass is 508 g/mol. The minimum absolute atomic E-state index is 0.125. The van der Waals surface area contributed by atoms with Gasteiger partial charge in [-0.3, -0.25) is 0 Å². The minimum Gasteiger partial charge on any atom is -0.237 e. The van der Waals surface area contributed by atoms with Crippen LogP contribution in [0.5, 0.6) is 0 Å². The number of unbranched alkanes of at least 4 members (excludes halogenated alkanes) is 32. The van der Waals surface area contributed by atoms with E-state index in [-0.39, 0.29) is 6.61 Å². The molecule has 0 heterocycles. The third-order valence-electron chi connectivity index (χ3n) is 8.25. The molecule has 0 aliphatic heterocycles. The molecule has 0 aromatic carbocycles. The van der Waals surface area contributed by atoms with Gasteiger partial charge in [-0.2, -0.15) is 0 Å². The summed E-state index contributed by atoms with van der Waals surface area (Å²) in [4.78, 5) is 0. The fourth-order valence-corrected chi connectivity index (χ4v) is 5.66. The van der Waals surface area contributed by atoms with Gasteiger partial charge in [0.15, 0.2) is 0 Å². The Labute approximate surface area is 230 Å². The molecule has 217 valence electrons. The molecule has 0 spiro atoms. The van der Waals surface area contributed by atoms with E-state index >= 15 is 0 Å². The van der Waals surface area contributed by atoms with E-state index in [0.717, 1.165) is 12.8 Å². The largest absolute Gasteiger partial charge is 0.237 e. The zero-order chi connectivity index (χ0) is 26.0. The van der Waals surface area contributed by atoms with E-state index in [1.165, 1.54) is 199 Å². The smallest absolute Gasteiger partial charge is 0.0822 e. The molecule has 0 saturated carbocycles. The van der Waals surface area contributed by atoms with Crippen molar-refractivity contribution in [2.75, 3.05) is 6.61 Å². The summed E-state index contributed by atoms with van der Waals surface area (Å²) < 4.78 is 0. The standard InChI is InChI=1S/C35H71O/c1-2-3-4-5-6-7-8-9-10-11-12-13-14-15-16-17-18-19-20-21-22-23-24-25-26-27-28-29-30-31-32-33-34-35-36/h2-35H2,1H3. The molecule has 0 rings (SSSR count). The zero-order valence-corrected chi connectivity index (χ0v) is 25.4. The first kappa shape index (κ1) is 36.0. The number of hydrogen-bond donors (Lipinski definition) is 0. The van der Waals surface area contributed by atoms with Crippen LogP contribution in [0.2, 0.25) is 0 Å². The molecule has 0 aliphatic carbocycles. The minimum atomic E-state index is 0.125. The third kappa shape index (κ3) is 34.0. The molecule has 0 atom stereocenters. The van der Waals surface area contributed by atoms with Gasteiger partial charge in [-0.05, 0) is 6.42 Å². The summed E-state index contributed by atoms with van der Waals surface area (Å²) in [5, 5.41) is 10.4. The zero-order valence-electron chi connectivity index (χ0n) is 25.4. The molecular formula is C35H71O. The van der Waals surface area contributed by atoms with Gasteiger partial charge in [0, 0.05) is 0 Å². The van der Waals surface area contributed by atoms with Crippen molar-refractivity contribution >= 4 is 0 Å². The molecule has 36 heavy (non-hydrogen) atoms. The van der Waals surface area contributed by atoms with Crippen LogP contribution < -0.4 is 0 Å². The number of hydrogen-bond acceptors (Lipinski definition) is 0. The van der Waals surface area contributed by atoms with Crippen LogP contribution in [0.4, 0.5) is 0 Å². The first-order chi connectivity index (χ1) is 17.9. The van der Waals surface area contributed by atoms with Crippen LogP contribution in [-0.2, 0) is 5.11 Å². The van der Waals surface area contributed by atoms with Crippen molar-refractivity contribution in [2.24, 2.45) is 0 Å². The van der Waals surface area contributed by atoms with Crippen molar-refractivity contribution in [3.8, 4) is 0 Å². The van der Waals surface area contributed by atoms with Gasteiger partial charge in [-0.1, -0.05) is 212 Å². The average Bonchev–Trinajstić information content (AvgIpc) is 2.89. The van der Waals surface area contributed by atoms with Gasteiger partial charge in [0.2, 0.25) is 0 Å². The fourth-order valence-electron chi connectivity index (χ4n) is 5.66. The highest BCUT2D eigenvalue weighted by Gasteiger charge is 1.97. The quantitative estimate of drug-likeness (QED) is 0.0787. The Hall–Kier alpha value is -0.0400. The summed E-state index contributed by atoms with van der Waals surface area (Å²) >= 11 is 0. The van der Waals surface area contributed by atoms with E-state index in [1.807, 2.05) is 0 Å². The Morgan fingerprint density at radius 3 is 0.500 bits per heavy atom. The van der Waals surface area contributed by atoms with E-state index in [1.54, 1.807) is 0 Å². The van der Waals surface area contributed by atoms with Crippen LogP contribution in [0.1, 0.15) is 219 Å². The summed E-state index contributed by atoms with van der Waals surface area (Å²) in [5.41, 5.74) is 0. The maximum Gasteiger partial charge on any atom is 0.0822 e. The Morgan fingerprint density at radius 1 is 0.222 bits per heavy atom. The highest BCUT2D eigenvalue weighted by molar-refractivity contribution is 4.52. The first-order valence-corrected chi connectivity index (χ1v) is 17.5. The summed E-state index contributed by atoms with van der Waals surface area (Å²) in [6.07, 6.45) is 47.2. The maximum atomic E-state index is 10.4. The van der Waals surface area contributed by atoms with Crippen molar-refractivity contribution < 1.29 is 5.11 Å². The predicted molar refractivity (Wildman–Crippen MR) is 164 cm³/mol. The lowest BCUT2D eigenvalue weighted by molar-refractivity contribution is 0.186. The van der Waals surface area contributed by atoms with Crippen LogP contribution >= 0.6 is 0 Å². The van der Waals surface area contributed by atoms with Gasteiger partial charge in [-0.25, -0.2) is 5.11 Å². The summed E-state index contributed by atoms with van der Waals surface area (Å²) in [6.45, 7) is 2.43. The lowest BCUT2D eigenvalue weighted by Crippen LogP contribution is -1.85. The summed E-state index contributed by atoms with van der Waals surface area (Å²) in [7, 11) is 0. The molecule has 0 fully saturated rings. The Balaban J connectivity index is 3.00. The lowest BCUT2D eigenvalue weighted by Gasteiger charge is -2.04. The predicted octanol–water partition coefficient (Wildman–Crippen LogP) is 13.3. The van der Waals surface area contributed by atoms with E-state index in [9.17, 15) is 5.11 Å². The Kier molecular flexibility index (Phi) is 34.9. The molecule has 0 saturated heterocycles. The Bertz CT molecular complexity index is 319. The van der Waals surface area contributed by atoms with E-state index in [4.69, 9.17) is 0 Å². The average molecular weight is 508 g/mol. The molecule has 0 aromatic rings. The molecular weight excluding hydrogens is 436 g/mol. The van der Waals surface area contributed by atoms with Gasteiger partial charge in [0.05, 0.1) is 6.61 Å². The van der Waals surface area contributed by atoms with Crippen molar-refractivity contribution in [3.63, 3.8) is 0 Å². The van der Waals surface area contributed by atoms with Crippen LogP contribution in [0.3, 0.4) is 0 Å². The second kappa shape index (κ2) is 35.0. The fraction of sp³-hybridized carbons (Fsp3) is 1.00. The maximum absolute atomic E-state index is 10.4. The summed E-state index contributed by atoms with van der Waals surface area (Å²) in [5.74, 6) is 0. The number of rotatable bonds is 33. The van der Waals surface area contributed by atoms with Gasteiger partial charge >= 0.3 is 0 Å². The van der Waals surface area contributed by atoms with Crippen LogP contribution in [0.15, 0.2) is 0 Å². The molecule has 0 unspecified atom stereocenters. The SMILES string of the molecule is CCCCCCCCCCCCCCCCCCCCCCCCCCCCCCCCCCC[O]. The van der Waals surface area contributed by atoms with Crippen molar-refractivity contribution in [3.05, 3.63) is 0 Å². The highest BCUT2D eigenvalue weighted by atomic mass is 16.2.